The van der Waals surface area contributed by atoms with Crippen molar-refractivity contribution in [2.45, 2.75) is 19.4 Å². The second-order valence-electron chi connectivity index (χ2n) is 8.29. The average Bonchev–Trinajstić information content (AvgIpc) is 3.02. The fourth-order valence-electron chi connectivity index (χ4n) is 4.22. The van der Waals surface area contributed by atoms with Crippen LogP contribution in [0.2, 0.25) is 0 Å². The lowest BCUT2D eigenvalue weighted by atomic mass is 9.93. The Morgan fingerprint density at radius 2 is 1.63 bits per heavy atom. The molecule has 3 amide bonds. The number of carbonyl (C=O) groups is 2. The van der Waals surface area contributed by atoms with E-state index in [1.165, 1.54) is 5.01 Å². The molecule has 0 fully saturated rings. The molecular formula is C27H28N4O4. The van der Waals surface area contributed by atoms with Gasteiger partial charge in [0, 0.05) is 23.7 Å². The number of urea groups is 1. The Hall–Kier alpha value is -4.33. The highest BCUT2D eigenvalue weighted by atomic mass is 16.5. The first kappa shape index (κ1) is 23.8. The first-order valence-corrected chi connectivity index (χ1v) is 11.2. The van der Waals surface area contributed by atoms with Crippen molar-refractivity contribution >= 4 is 17.6 Å². The molecule has 0 aromatic heterocycles. The van der Waals surface area contributed by atoms with E-state index in [0.717, 1.165) is 27.8 Å². The number of benzene rings is 3. The van der Waals surface area contributed by atoms with E-state index in [1.807, 2.05) is 49.4 Å². The third kappa shape index (κ3) is 4.68. The Morgan fingerprint density at radius 3 is 2.26 bits per heavy atom. The molecule has 8 heteroatoms. The molecule has 4 rings (SSSR count). The average molecular weight is 473 g/mol. The number of carbonyl (C=O) groups excluding carboxylic acids is 2. The van der Waals surface area contributed by atoms with Gasteiger partial charge in [-0.3, -0.25) is 4.79 Å². The van der Waals surface area contributed by atoms with Gasteiger partial charge in [0.1, 0.15) is 0 Å². The number of hydrogen-bond acceptors (Lipinski definition) is 5. The lowest BCUT2D eigenvalue weighted by Crippen LogP contribution is -2.41. The Balaban J connectivity index is 1.83. The van der Waals surface area contributed by atoms with Crippen molar-refractivity contribution in [3.05, 3.63) is 82.9 Å². The fraction of sp³-hybridized carbons (Fsp3) is 0.222. The molecule has 1 atom stereocenters. The van der Waals surface area contributed by atoms with Gasteiger partial charge in [-0.2, -0.15) is 5.10 Å². The minimum absolute atomic E-state index is 0.180. The molecule has 180 valence electrons. The van der Waals surface area contributed by atoms with E-state index >= 15 is 0 Å². The predicted molar refractivity (Wildman–Crippen MR) is 135 cm³/mol. The Morgan fingerprint density at radius 1 is 0.971 bits per heavy atom. The largest absolute Gasteiger partial charge is 0.493 e. The Kier molecular flexibility index (Phi) is 6.73. The molecule has 3 N–H and O–H groups in total. The smallest absolute Gasteiger partial charge is 0.337 e. The van der Waals surface area contributed by atoms with Crippen LogP contribution in [-0.2, 0) is 6.42 Å². The highest BCUT2D eigenvalue weighted by Gasteiger charge is 2.28. The number of methoxy groups -OCH3 is 2. The van der Waals surface area contributed by atoms with Crippen LogP contribution in [0.4, 0.5) is 4.79 Å². The molecule has 0 saturated carbocycles. The van der Waals surface area contributed by atoms with Gasteiger partial charge in [0.15, 0.2) is 11.5 Å². The molecule has 35 heavy (non-hydrogen) atoms. The van der Waals surface area contributed by atoms with Crippen LogP contribution in [0.1, 0.15) is 34.0 Å². The minimum Gasteiger partial charge on any atom is -0.493 e. The maximum absolute atomic E-state index is 12.7. The van der Waals surface area contributed by atoms with Crippen LogP contribution in [-0.4, -0.2) is 50.0 Å². The molecular weight excluding hydrogens is 444 g/mol. The number of rotatable bonds is 5. The van der Waals surface area contributed by atoms with Crippen molar-refractivity contribution in [1.29, 1.82) is 0 Å². The van der Waals surface area contributed by atoms with Gasteiger partial charge in [-0.15, -0.1) is 0 Å². The second kappa shape index (κ2) is 9.89. The lowest BCUT2D eigenvalue weighted by molar-refractivity contribution is 0.1000. The summed E-state index contributed by atoms with van der Waals surface area (Å²) in [6.07, 6.45) is 0.591. The zero-order valence-electron chi connectivity index (χ0n) is 20.2. The van der Waals surface area contributed by atoms with Gasteiger partial charge in [-0.25, -0.2) is 9.80 Å². The van der Waals surface area contributed by atoms with Crippen LogP contribution >= 0.6 is 0 Å². The van der Waals surface area contributed by atoms with Crippen LogP contribution in [0.25, 0.3) is 11.1 Å². The number of nitrogens with two attached hydrogens (primary N) is 1. The SMILES string of the molecule is CNC(=O)N1N=C(c2ccc(-c3cccc(C(N)=O)c3)cc2)c2cc(OC)c(OC)cc2CC1C. The summed E-state index contributed by atoms with van der Waals surface area (Å²) in [5.41, 5.74) is 11.0. The van der Waals surface area contributed by atoms with Gasteiger partial charge in [0.05, 0.1) is 26.0 Å². The maximum atomic E-state index is 12.7. The Bertz CT molecular complexity index is 1300. The van der Waals surface area contributed by atoms with E-state index in [4.69, 9.17) is 20.3 Å². The number of amides is 3. The van der Waals surface area contributed by atoms with E-state index in [1.54, 1.807) is 39.5 Å². The van der Waals surface area contributed by atoms with Crippen LogP contribution in [0.5, 0.6) is 11.5 Å². The summed E-state index contributed by atoms with van der Waals surface area (Å²) in [6.45, 7) is 1.96. The van der Waals surface area contributed by atoms with Crippen molar-refractivity contribution < 1.29 is 19.1 Å². The van der Waals surface area contributed by atoms with Crippen molar-refractivity contribution in [2.75, 3.05) is 21.3 Å². The number of fused-ring (bicyclic) bond motifs is 1. The number of nitrogens with one attached hydrogen (secondary N) is 1. The van der Waals surface area contributed by atoms with E-state index in [9.17, 15) is 9.59 Å². The molecule has 0 aliphatic carbocycles. The molecule has 0 saturated heterocycles. The van der Waals surface area contributed by atoms with Gasteiger partial charge in [-0.1, -0.05) is 36.4 Å². The van der Waals surface area contributed by atoms with Crippen LogP contribution in [0.3, 0.4) is 0 Å². The summed E-state index contributed by atoms with van der Waals surface area (Å²) in [6, 6.07) is 18.4. The number of nitrogens with zero attached hydrogens (tertiary/aromatic N) is 2. The number of ether oxygens (including phenoxy) is 2. The summed E-state index contributed by atoms with van der Waals surface area (Å²) in [5, 5.41) is 8.94. The third-order valence-electron chi connectivity index (χ3n) is 6.07. The zero-order valence-corrected chi connectivity index (χ0v) is 20.2. The molecule has 0 radical (unpaired) electrons. The van der Waals surface area contributed by atoms with E-state index < -0.39 is 5.91 Å². The van der Waals surface area contributed by atoms with Crippen molar-refractivity contribution in [1.82, 2.24) is 10.3 Å². The van der Waals surface area contributed by atoms with Gasteiger partial charge in [0.2, 0.25) is 5.91 Å². The normalized spacial score (nSPS) is 14.9. The van der Waals surface area contributed by atoms with Gasteiger partial charge < -0.3 is 20.5 Å². The van der Waals surface area contributed by atoms with Crippen molar-refractivity contribution in [3.8, 4) is 22.6 Å². The molecule has 1 heterocycles. The van der Waals surface area contributed by atoms with Gasteiger partial charge >= 0.3 is 6.03 Å². The first-order chi connectivity index (χ1) is 16.9. The fourth-order valence-corrected chi connectivity index (χ4v) is 4.22. The monoisotopic (exact) mass is 472 g/mol. The predicted octanol–water partition coefficient (Wildman–Crippen LogP) is 3.81. The topological polar surface area (TPSA) is 106 Å². The van der Waals surface area contributed by atoms with Crippen molar-refractivity contribution in [2.24, 2.45) is 10.8 Å². The van der Waals surface area contributed by atoms with Crippen LogP contribution < -0.4 is 20.5 Å². The van der Waals surface area contributed by atoms with Gasteiger partial charge in [-0.05, 0) is 54.3 Å². The molecule has 1 unspecified atom stereocenters. The zero-order chi connectivity index (χ0) is 25.1. The quantitative estimate of drug-likeness (QED) is 0.589. The lowest BCUT2D eigenvalue weighted by Gasteiger charge is -2.22. The van der Waals surface area contributed by atoms with E-state index in [-0.39, 0.29) is 12.1 Å². The number of hydrazone groups is 1. The molecule has 8 nitrogen and oxygen atoms in total. The molecule has 0 spiro atoms. The molecule has 0 bridgehead atoms. The van der Waals surface area contributed by atoms with Crippen molar-refractivity contribution in [3.63, 3.8) is 0 Å². The van der Waals surface area contributed by atoms with E-state index in [0.29, 0.717) is 29.2 Å². The van der Waals surface area contributed by atoms with Crippen LogP contribution in [0.15, 0.2) is 65.8 Å². The molecule has 1 aliphatic heterocycles. The third-order valence-corrected chi connectivity index (χ3v) is 6.07. The highest BCUT2D eigenvalue weighted by molar-refractivity contribution is 6.14. The summed E-state index contributed by atoms with van der Waals surface area (Å²) in [7, 11) is 4.78. The summed E-state index contributed by atoms with van der Waals surface area (Å²) in [5.74, 6) is 0.733. The van der Waals surface area contributed by atoms with Crippen LogP contribution in [0, 0.1) is 0 Å². The maximum Gasteiger partial charge on any atom is 0.337 e. The summed E-state index contributed by atoms with van der Waals surface area (Å²) in [4.78, 5) is 24.2. The standard InChI is InChI=1S/C27H28N4O4/c1-16-12-21-14-23(34-3)24(35-4)15-22(21)25(30-31(16)27(33)29-2)18-10-8-17(9-11-18)19-6-5-7-20(13-19)26(28)32/h5-11,13-16H,12H2,1-4H3,(H2,28,32)(H,29,33). The summed E-state index contributed by atoms with van der Waals surface area (Å²) >= 11 is 0. The van der Waals surface area contributed by atoms with E-state index in [2.05, 4.69) is 5.32 Å². The number of primary amides is 1. The second-order valence-corrected chi connectivity index (χ2v) is 8.29. The number of hydrogen-bond donors (Lipinski definition) is 2. The highest BCUT2D eigenvalue weighted by Crippen LogP contribution is 2.35. The minimum atomic E-state index is -0.472. The van der Waals surface area contributed by atoms with Gasteiger partial charge in [0.25, 0.3) is 0 Å². The molecule has 3 aromatic carbocycles. The molecule has 1 aliphatic rings. The Labute approximate surface area is 204 Å². The first-order valence-electron chi connectivity index (χ1n) is 11.2. The molecule has 3 aromatic rings. The summed E-state index contributed by atoms with van der Waals surface area (Å²) < 4.78 is 11.1.